The van der Waals surface area contributed by atoms with Crippen molar-refractivity contribution in [1.29, 1.82) is 0 Å². The summed E-state index contributed by atoms with van der Waals surface area (Å²) in [5, 5.41) is 2.92. The first-order valence-electron chi connectivity index (χ1n) is 5.95. The van der Waals surface area contributed by atoms with E-state index in [9.17, 15) is 4.79 Å². The average Bonchev–Trinajstić information content (AvgIpc) is 2.94. The number of rotatable bonds is 4. The van der Waals surface area contributed by atoms with Gasteiger partial charge in [0.2, 0.25) is 0 Å². The Hall–Kier alpha value is -0.810. The largest absolute Gasteiger partial charge is 0.444 e. The summed E-state index contributed by atoms with van der Waals surface area (Å²) in [5.41, 5.74) is 0. The topological polar surface area (TPSA) is 45.5 Å². The minimum Gasteiger partial charge on any atom is -0.444 e. The van der Waals surface area contributed by atoms with Crippen LogP contribution in [-0.2, 0) is 0 Å². The van der Waals surface area contributed by atoms with Gasteiger partial charge >= 0.3 is 0 Å². The summed E-state index contributed by atoms with van der Waals surface area (Å²) in [4.78, 5) is 14.1. The molecule has 0 saturated carbocycles. The van der Waals surface area contributed by atoms with Gasteiger partial charge in [-0.15, -0.1) is 0 Å². The van der Waals surface area contributed by atoms with Crippen molar-refractivity contribution in [2.45, 2.75) is 13.3 Å². The highest BCUT2D eigenvalue weighted by Gasteiger charge is 2.22. The molecular formula is C12H17BrN2O2. The van der Waals surface area contributed by atoms with E-state index in [-0.39, 0.29) is 5.91 Å². The molecule has 1 saturated heterocycles. The van der Waals surface area contributed by atoms with Gasteiger partial charge in [0.15, 0.2) is 10.4 Å². The molecular weight excluding hydrogens is 284 g/mol. The van der Waals surface area contributed by atoms with Gasteiger partial charge in [-0.05, 0) is 53.5 Å². The quantitative estimate of drug-likeness (QED) is 0.926. The minimum atomic E-state index is -0.134. The number of halogens is 1. The summed E-state index contributed by atoms with van der Waals surface area (Å²) in [6.07, 6.45) is 1.16. The van der Waals surface area contributed by atoms with Crippen LogP contribution < -0.4 is 5.32 Å². The van der Waals surface area contributed by atoms with Gasteiger partial charge < -0.3 is 14.6 Å². The maximum absolute atomic E-state index is 11.7. The summed E-state index contributed by atoms with van der Waals surface area (Å²) in [5.74, 6) is 0.796. The Bertz CT molecular complexity index is 392. The summed E-state index contributed by atoms with van der Waals surface area (Å²) in [6, 6.07) is 3.40. The molecule has 1 N–H and O–H groups in total. The molecule has 4 nitrogen and oxygen atoms in total. The van der Waals surface area contributed by atoms with Crippen LogP contribution in [0, 0.1) is 5.92 Å². The monoisotopic (exact) mass is 300 g/mol. The highest BCUT2D eigenvalue weighted by Crippen LogP contribution is 2.16. The Morgan fingerprint density at radius 1 is 1.65 bits per heavy atom. The van der Waals surface area contributed by atoms with E-state index in [1.807, 2.05) is 0 Å². The standard InChI is InChI=1S/C12H17BrN2O2/c1-2-15-6-5-9(8-15)7-14-12(16)10-3-4-11(13)17-10/h3-4,9H,2,5-8H2,1H3,(H,14,16). The Morgan fingerprint density at radius 2 is 2.47 bits per heavy atom. The molecule has 1 fully saturated rings. The van der Waals surface area contributed by atoms with Gasteiger partial charge in [-0.3, -0.25) is 4.79 Å². The molecule has 1 aromatic rings. The second-order valence-electron chi connectivity index (χ2n) is 4.36. The van der Waals surface area contributed by atoms with E-state index in [2.05, 4.69) is 33.1 Å². The Kier molecular flexibility index (Phi) is 4.23. The summed E-state index contributed by atoms with van der Waals surface area (Å²) in [7, 11) is 0. The third-order valence-corrected chi connectivity index (χ3v) is 3.59. The molecule has 94 valence electrons. The molecule has 5 heteroatoms. The normalized spacial score (nSPS) is 20.7. The molecule has 1 aliphatic rings. The lowest BCUT2D eigenvalue weighted by atomic mass is 10.1. The van der Waals surface area contributed by atoms with Crippen molar-refractivity contribution >= 4 is 21.8 Å². The van der Waals surface area contributed by atoms with Crippen molar-refractivity contribution in [3.8, 4) is 0 Å². The van der Waals surface area contributed by atoms with Crippen molar-refractivity contribution in [2.75, 3.05) is 26.2 Å². The minimum absolute atomic E-state index is 0.134. The van der Waals surface area contributed by atoms with Crippen LogP contribution in [0.3, 0.4) is 0 Å². The van der Waals surface area contributed by atoms with Crippen molar-refractivity contribution in [1.82, 2.24) is 10.2 Å². The molecule has 0 aromatic carbocycles. The molecule has 0 aliphatic carbocycles. The van der Waals surface area contributed by atoms with E-state index in [1.165, 1.54) is 0 Å². The number of furan rings is 1. The maximum Gasteiger partial charge on any atom is 0.287 e. The van der Waals surface area contributed by atoms with E-state index in [4.69, 9.17) is 4.42 Å². The average molecular weight is 301 g/mol. The van der Waals surface area contributed by atoms with Crippen molar-refractivity contribution < 1.29 is 9.21 Å². The molecule has 1 unspecified atom stereocenters. The van der Waals surface area contributed by atoms with Gasteiger partial charge in [0.1, 0.15) is 0 Å². The second kappa shape index (κ2) is 5.69. The molecule has 1 aliphatic heterocycles. The zero-order chi connectivity index (χ0) is 12.3. The van der Waals surface area contributed by atoms with E-state index >= 15 is 0 Å². The molecule has 2 heterocycles. The number of amides is 1. The van der Waals surface area contributed by atoms with Crippen LogP contribution in [0.1, 0.15) is 23.9 Å². The van der Waals surface area contributed by atoms with Crippen molar-refractivity contribution in [3.05, 3.63) is 22.6 Å². The third-order valence-electron chi connectivity index (χ3n) is 3.17. The Labute approximate surface area is 109 Å². The number of likely N-dealkylation sites (tertiary alicyclic amines) is 1. The zero-order valence-electron chi connectivity index (χ0n) is 9.91. The fraction of sp³-hybridized carbons (Fsp3) is 0.583. The van der Waals surface area contributed by atoms with Crippen molar-refractivity contribution in [2.24, 2.45) is 5.92 Å². The number of carbonyl (C=O) groups is 1. The molecule has 17 heavy (non-hydrogen) atoms. The number of nitrogens with zero attached hydrogens (tertiary/aromatic N) is 1. The highest BCUT2D eigenvalue weighted by atomic mass is 79.9. The Balaban J connectivity index is 1.77. The SMILES string of the molecule is CCN1CCC(CNC(=O)c2ccc(Br)o2)C1. The van der Waals surface area contributed by atoms with Gasteiger partial charge in [-0.2, -0.15) is 0 Å². The van der Waals surface area contributed by atoms with Crippen LogP contribution in [0.2, 0.25) is 0 Å². The molecule has 0 radical (unpaired) electrons. The highest BCUT2D eigenvalue weighted by molar-refractivity contribution is 9.10. The number of carbonyl (C=O) groups excluding carboxylic acids is 1. The lowest BCUT2D eigenvalue weighted by molar-refractivity contribution is 0.0918. The van der Waals surface area contributed by atoms with E-state index in [0.717, 1.165) is 32.6 Å². The first-order chi connectivity index (χ1) is 8.19. The van der Waals surface area contributed by atoms with Crippen LogP contribution in [0.25, 0.3) is 0 Å². The number of hydrogen-bond acceptors (Lipinski definition) is 3. The van der Waals surface area contributed by atoms with Crippen LogP contribution >= 0.6 is 15.9 Å². The first kappa shape index (κ1) is 12.6. The second-order valence-corrected chi connectivity index (χ2v) is 5.14. The lowest BCUT2D eigenvalue weighted by Crippen LogP contribution is -2.30. The van der Waals surface area contributed by atoms with Gasteiger partial charge in [0.05, 0.1) is 0 Å². The van der Waals surface area contributed by atoms with E-state index < -0.39 is 0 Å². The lowest BCUT2D eigenvalue weighted by Gasteiger charge is -2.13. The summed E-state index contributed by atoms with van der Waals surface area (Å²) < 4.78 is 5.78. The number of nitrogens with one attached hydrogen (secondary N) is 1. The van der Waals surface area contributed by atoms with Gasteiger partial charge in [-0.25, -0.2) is 0 Å². The van der Waals surface area contributed by atoms with Crippen LogP contribution in [0.15, 0.2) is 21.2 Å². The predicted octanol–water partition coefficient (Wildman–Crippen LogP) is 2.11. The molecule has 1 aromatic heterocycles. The molecule has 2 rings (SSSR count). The van der Waals surface area contributed by atoms with Gasteiger partial charge in [0, 0.05) is 13.1 Å². The molecule has 0 bridgehead atoms. The fourth-order valence-electron chi connectivity index (χ4n) is 2.13. The third kappa shape index (κ3) is 3.33. The van der Waals surface area contributed by atoms with Crippen molar-refractivity contribution in [3.63, 3.8) is 0 Å². The predicted molar refractivity (Wildman–Crippen MR) is 69.0 cm³/mol. The number of hydrogen-bond donors (Lipinski definition) is 1. The van der Waals surface area contributed by atoms with Crippen LogP contribution in [0.4, 0.5) is 0 Å². The summed E-state index contributed by atoms with van der Waals surface area (Å²) >= 11 is 3.18. The molecule has 0 spiro atoms. The maximum atomic E-state index is 11.7. The molecule has 1 atom stereocenters. The Morgan fingerprint density at radius 3 is 3.06 bits per heavy atom. The fourth-order valence-corrected chi connectivity index (χ4v) is 2.43. The van der Waals surface area contributed by atoms with Gasteiger partial charge in [-0.1, -0.05) is 6.92 Å². The first-order valence-corrected chi connectivity index (χ1v) is 6.74. The van der Waals surface area contributed by atoms with Crippen LogP contribution in [-0.4, -0.2) is 37.0 Å². The molecule has 1 amide bonds. The van der Waals surface area contributed by atoms with E-state index in [1.54, 1.807) is 12.1 Å². The zero-order valence-corrected chi connectivity index (χ0v) is 11.5. The summed E-state index contributed by atoms with van der Waals surface area (Å²) in [6.45, 7) is 6.21. The smallest absolute Gasteiger partial charge is 0.287 e. The van der Waals surface area contributed by atoms with E-state index in [0.29, 0.717) is 16.3 Å². The van der Waals surface area contributed by atoms with Gasteiger partial charge in [0.25, 0.3) is 5.91 Å². The van der Waals surface area contributed by atoms with Crippen LogP contribution in [0.5, 0.6) is 0 Å².